The number of furan rings is 2. The second kappa shape index (κ2) is 10.9. The van der Waals surface area contributed by atoms with Crippen LogP contribution in [-0.4, -0.2) is 25.0 Å². The van der Waals surface area contributed by atoms with Crippen molar-refractivity contribution in [2.75, 3.05) is 12.0 Å². The van der Waals surface area contributed by atoms with Gasteiger partial charge >= 0.3 is 0 Å². The molecule has 0 bridgehead atoms. The molecule has 2 aromatic heterocycles. The summed E-state index contributed by atoms with van der Waals surface area (Å²) in [4.78, 5) is 28.7. The molecule has 0 radical (unpaired) electrons. The highest BCUT2D eigenvalue weighted by Crippen LogP contribution is 2.32. The van der Waals surface area contributed by atoms with Crippen LogP contribution in [0.1, 0.15) is 55.4 Å². The van der Waals surface area contributed by atoms with Crippen LogP contribution in [0.25, 0.3) is 6.08 Å². The summed E-state index contributed by atoms with van der Waals surface area (Å²) >= 11 is 0. The third-order valence-corrected chi connectivity index (χ3v) is 5.99. The number of amides is 2. The first-order valence-electron chi connectivity index (χ1n) is 11.6. The van der Waals surface area contributed by atoms with Gasteiger partial charge in [-0.15, -0.1) is 0 Å². The molecule has 2 amide bonds. The minimum atomic E-state index is -0.987. The van der Waals surface area contributed by atoms with Crippen LogP contribution in [0.5, 0.6) is 5.75 Å². The Hall–Kier alpha value is -3.74. The van der Waals surface area contributed by atoms with Crippen LogP contribution in [0, 0.1) is 6.92 Å². The van der Waals surface area contributed by atoms with Crippen molar-refractivity contribution in [2.45, 2.75) is 51.1 Å². The van der Waals surface area contributed by atoms with Crippen LogP contribution in [0.3, 0.4) is 0 Å². The van der Waals surface area contributed by atoms with Crippen molar-refractivity contribution in [1.82, 2.24) is 5.32 Å². The molecule has 1 aliphatic rings. The number of ether oxygens (including phenoxy) is 1. The number of benzene rings is 1. The number of aryl methyl sites for hydroxylation is 1. The molecule has 178 valence electrons. The second-order valence-electron chi connectivity index (χ2n) is 8.45. The maximum Gasteiger partial charge on any atom is 0.252 e. The zero-order valence-electron chi connectivity index (χ0n) is 19.5. The first-order valence-corrected chi connectivity index (χ1v) is 11.6. The Morgan fingerprint density at radius 2 is 1.94 bits per heavy atom. The lowest BCUT2D eigenvalue weighted by Crippen LogP contribution is -2.46. The lowest BCUT2D eigenvalue weighted by Gasteiger charge is -2.31. The smallest absolute Gasteiger partial charge is 0.252 e. The fourth-order valence-corrected chi connectivity index (χ4v) is 4.29. The number of nitrogens with zero attached hydrogens (tertiary/aromatic N) is 1. The van der Waals surface area contributed by atoms with Gasteiger partial charge in [0.25, 0.3) is 11.8 Å². The van der Waals surface area contributed by atoms with Crippen LogP contribution in [0.4, 0.5) is 5.69 Å². The van der Waals surface area contributed by atoms with E-state index in [0.29, 0.717) is 23.0 Å². The lowest BCUT2D eigenvalue weighted by atomic mass is 9.95. The summed E-state index contributed by atoms with van der Waals surface area (Å²) in [6.07, 6.45) is 9.72. The third-order valence-electron chi connectivity index (χ3n) is 5.99. The molecule has 0 unspecified atom stereocenters. The van der Waals surface area contributed by atoms with E-state index in [4.69, 9.17) is 13.6 Å². The highest BCUT2D eigenvalue weighted by Gasteiger charge is 2.35. The van der Waals surface area contributed by atoms with Crippen molar-refractivity contribution in [3.8, 4) is 5.75 Å². The average molecular weight is 463 g/mol. The zero-order valence-corrected chi connectivity index (χ0v) is 19.5. The van der Waals surface area contributed by atoms with Crippen molar-refractivity contribution in [2.24, 2.45) is 0 Å². The van der Waals surface area contributed by atoms with Gasteiger partial charge in [-0.05, 0) is 62.2 Å². The van der Waals surface area contributed by atoms with Crippen LogP contribution >= 0.6 is 0 Å². The van der Waals surface area contributed by atoms with Crippen molar-refractivity contribution in [3.63, 3.8) is 0 Å². The van der Waals surface area contributed by atoms with Gasteiger partial charge < -0.3 is 18.9 Å². The molecule has 1 aromatic carbocycles. The van der Waals surface area contributed by atoms with Crippen molar-refractivity contribution < 1.29 is 23.2 Å². The van der Waals surface area contributed by atoms with Gasteiger partial charge in [-0.2, -0.15) is 0 Å². The SMILES string of the molecule is COc1cccc(N(C(=O)/C=C/c2ccc(C)o2)[C@@H](C(=O)NC2CCCCC2)c2ccco2)c1. The number of methoxy groups -OCH3 is 1. The fourth-order valence-electron chi connectivity index (χ4n) is 4.29. The fraction of sp³-hybridized carbons (Fsp3) is 0.333. The average Bonchev–Trinajstić information content (AvgIpc) is 3.53. The molecule has 3 aromatic rings. The summed E-state index contributed by atoms with van der Waals surface area (Å²) in [5.74, 6) is 1.59. The lowest BCUT2D eigenvalue weighted by molar-refractivity contribution is -0.126. The first kappa shape index (κ1) is 23.4. The number of carbonyl (C=O) groups is 2. The van der Waals surface area contributed by atoms with Crippen molar-refractivity contribution in [1.29, 1.82) is 0 Å². The monoisotopic (exact) mass is 462 g/mol. The van der Waals surface area contributed by atoms with Gasteiger partial charge in [-0.1, -0.05) is 25.3 Å². The Morgan fingerprint density at radius 1 is 1.12 bits per heavy atom. The molecule has 34 heavy (non-hydrogen) atoms. The standard InChI is InChI=1S/C27H30N2O5/c1-19-13-14-22(34-19)15-16-25(30)29(21-10-6-11-23(18-21)32-2)26(24-12-7-17-33-24)27(31)28-20-8-4-3-5-9-20/h6-7,10-18,20,26H,3-5,8-9H2,1-2H3,(H,28,31)/b16-15+/t26-/m1/s1. The second-order valence-corrected chi connectivity index (χ2v) is 8.45. The predicted molar refractivity (Wildman–Crippen MR) is 129 cm³/mol. The summed E-state index contributed by atoms with van der Waals surface area (Å²) in [7, 11) is 1.56. The molecular weight excluding hydrogens is 432 g/mol. The van der Waals surface area contributed by atoms with Gasteiger partial charge in [0.1, 0.15) is 23.0 Å². The van der Waals surface area contributed by atoms with E-state index in [1.165, 1.54) is 23.7 Å². The quantitative estimate of drug-likeness (QED) is 0.452. The summed E-state index contributed by atoms with van der Waals surface area (Å²) in [6, 6.07) is 13.2. The van der Waals surface area contributed by atoms with Gasteiger partial charge in [-0.3, -0.25) is 14.5 Å². The predicted octanol–water partition coefficient (Wildman–Crippen LogP) is 5.43. The van der Waals surface area contributed by atoms with Crippen LogP contribution in [-0.2, 0) is 9.59 Å². The zero-order chi connectivity index (χ0) is 23.9. The molecule has 0 saturated heterocycles. The first-order chi connectivity index (χ1) is 16.5. The molecule has 7 heteroatoms. The minimum Gasteiger partial charge on any atom is -0.497 e. The van der Waals surface area contributed by atoms with Gasteiger partial charge in [0.05, 0.1) is 13.4 Å². The van der Waals surface area contributed by atoms with E-state index in [1.807, 2.05) is 13.0 Å². The number of carbonyl (C=O) groups excluding carboxylic acids is 2. The number of hydrogen-bond acceptors (Lipinski definition) is 5. The molecule has 1 fully saturated rings. The Kier molecular flexibility index (Phi) is 7.52. The molecule has 1 aliphatic carbocycles. The molecule has 7 nitrogen and oxygen atoms in total. The summed E-state index contributed by atoms with van der Waals surface area (Å²) in [5.41, 5.74) is 0.518. The molecule has 0 spiro atoms. The van der Waals surface area contributed by atoms with Gasteiger partial charge in [0.15, 0.2) is 6.04 Å². The topological polar surface area (TPSA) is 84.9 Å². The molecule has 4 rings (SSSR count). The van der Waals surface area contributed by atoms with Gasteiger partial charge in [0, 0.05) is 23.9 Å². The molecule has 1 saturated carbocycles. The van der Waals surface area contributed by atoms with E-state index in [-0.39, 0.29) is 17.9 Å². The maximum atomic E-state index is 13.6. The highest BCUT2D eigenvalue weighted by atomic mass is 16.5. The minimum absolute atomic E-state index is 0.0857. The molecule has 1 N–H and O–H groups in total. The third kappa shape index (κ3) is 5.60. The Bertz CT molecular complexity index is 1130. The maximum absolute atomic E-state index is 13.6. The Morgan fingerprint density at radius 3 is 2.62 bits per heavy atom. The van der Waals surface area contributed by atoms with E-state index >= 15 is 0 Å². The van der Waals surface area contributed by atoms with E-state index in [0.717, 1.165) is 31.4 Å². The largest absolute Gasteiger partial charge is 0.497 e. The van der Waals surface area contributed by atoms with E-state index < -0.39 is 6.04 Å². The Labute approximate surface area is 199 Å². The van der Waals surface area contributed by atoms with Crippen LogP contribution < -0.4 is 15.0 Å². The van der Waals surface area contributed by atoms with E-state index in [9.17, 15) is 9.59 Å². The Balaban J connectivity index is 1.71. The molecular formula is C27H30N2O5. The number of hydrogen-bond donors (Lipinski definition) is 1. The number of nitrogens with one attached hydrogen (secondary N) is 1. The van der Waals surface area contributed by atoms with Crippen LogP contribution in [0.15, 0.2) is 69.7 Å². The number of anilines is 1. The normalized spacial score (nSPS) is 15.2. The molecule has 0 aliphatic heterocycles. The van der Waals surface area contributed by atoms with Gasteiger partial charge in [-0.25, -0.2) is 0 Å². The number of rotatable bonds is 8. The molecule has 2 heterocycles. The van der Waals surface area contributed by atoms with E-state index in [2.05, 4.69) is 5.32 Å². The van der Waals surface area contributed by atoms with E-state index in [1.54, 1.807) is 55.7 Å². The van der Waals surface area contributed by atoms with Gasteiger partial charge in [0.2, 0.25) is 0 Å². The summed E-state index contributed by atoms with van der Waals surface area (Å²) in [5, 5.41) is 3.15. The highest BCUT2D eigenvalue weighted by molar-refractivity contribution is 6.08. The summed E-state index contributed by atoms with van der Waals surface area (Å²) in [6.45, 7) is 1.84. The van der Waals surface area contributed by atoms with Crippen molar-refractivity contribution >= 4 is 23.6 Å². The summed E-state index contributed by atoms with van der Waals surface area (Å²) < 4.78 is 16.6. The van der Waals surface area contributed by atoms with Crippen LogP contribution in [0.2, 0.25) is 0 Å². The molecule has 1 atom stereocenters. The van der Waals surface area contributed by atoms with Crippen molar-refractivity contribution in [3.05, 3.63) is 78.2 Å².